The van der Waals surface area contributed by atoms with Gasteiger partial charge in [0.25, 0.3) is 0 Å². The van der Waals surface area contributed by atoms with Gasteiger partial charge in [-0.2, -0.15) is 0 Å². The van der Waals surface area contributed by atoms with Gasteiger partial charge < -0.3 is 48.7 Å². The van der Waals surface area contributed by atoms with E-state index >= 15 is 4.79 Å². The second kappa shape index (κ2) is 22.7. The van der Waals surface area contributed by atoms with E-state index in [4.69, 9.17) is 17.2 Å². The Hall–Kier alpha value is -6.56. The second-order valence-corrected chi connectivity index (χ2v) is 20.3. The molecule has 1 unspecified atom stereocenters. The highest BCUT2D eigenvalue weighted by Gasteiger charge is 2.45. The molecule has 4 aromatic heterocycles. The summed E-state index contributed by atoms with van der Waals surface area (Å²) in [6.07, 6.45) is 1.83. The fourth-order valence-electron chi connectivity index (χ4n) is 8.41. The van der Waals surface area contributed by atoms with Gasteiger partial charge in [-0.05, 0) is 71.2 Å². The fraction of sp³-hybridized carbons (Fsp3) is 0.435. The monoisotopic (exact) mass is 1000 g/mol. The maximum absolute atomic E-state index is 15.1. The summed E-state index contributed by atoms with van der Waals surface area (Å²) >= 11 is 4.63. The number of fused-ring (bicyclic) bond motifs is 2. The van der Waals surface area contributed by atoms with Gasteiger partial charge >= 0.3 is 0 Å². The van der Waals surface area contributed by atoms with Gasteiger partial charge in [-0.15, -0.1) is 39.1 Å². The lowest BCUT2D eigenvalue weighted by molar-refractivity contribution is -0.143. The van der Waals surface area contributed by atoms with Crippen LogP contribution in [-0.4, -0.2) is 116 Å². The zero-order chi connectivity index (χ0) is 49.4. The van der Waals surface area contributed by atoms with Gasteiger partial charge in [0.15, 0.2) is 0 Å². The van der Waals surface area contributed by atoms with Crippen molar-refractivity contribution in [1.29, 1.82) is 0 Å². The van der Waals surface area contributed by atoms with Crippen molar-refractivity contribution in [2.45, 2.75) is 108 Å². The zero-order valence-electron chi connectivity index (χ0n) is 38.1. The maximum Gasteiger partial charge on any atom is 0.246 e. The van der Waals surface area contributed by atoms with E-state index in [0.717, 1.165) is 30.3 Å². The Kier molecular flexibility index (Phi) is 16.6. The summed E-state index contributed by atoms with van der Waals surface area (Å²) in [4.78, 5) is 114. The molecular formula is C46H56N12O8S3. The number of nitrogens with two attached hydrogens (primary N) is 3. The van der Waals surface area contributed by atoms with E-state index in [-0.39, 0.29) is 32.4 Å². The summed E-state index contributed by atoms with van der Waals surface area (Å²) in [5, 5.41) is 27.1. The molecule has 1 aromatic carbocycles. The number of hydrogen-bond donors (Lipinski definition) is 8. The van der Waals surface area contributed by atoms with Gasteiger partial charge in [0.2, 0.25) is 47.3 Å². The third-order valence-electron chi connectivity index (χ3n) is 12.4. The lowest BCUT2D eigenvalue weighted by Crippen LogP contribution is -2.60. The molecule has 2 aliphatic heterocycles. The van der Waals surface area contributed by atoms with Crippen LogP contribution in [-0.2, 0) is 44.8 Å². The standard InChI is InChI=1S/C46H56N12O8S3/c1-3-24(2)40-46(66)57-21-26(58-22-32(55-56-58)35-13-14-37(69-35)36-12-8-16-67-36)18-33(57)45(65)53-30(17-25-23-68-34-11-5-4-9-27(25)34)43(63)51-29(41(49)61)10-6-7-15-50-39(60)19-28(47)42(62)52-31(20-38(48)59)44(64)54-40/h4-5,8-9,11-14,16,22-24,26,28-31,33,40H,3,6-7,10,15,17-21,47H2,1-2H3,(H2,48,59)(H2,49,61)(H,50,60)(H,51,63)(H,52,62)(H,53,65)(H,54,64)/t24-,26-,28-,29-,30-,31?,33-,40-/m0/s1. The molecule has 11 N–H and O–H groups in total. The lowest BCUT2D eigenvalue weighted by Gasteiger charge is -2.33. The van der Waals surface area contributed by atoms with Crippen molar-refractivity contribution >= 4 is 91.4 Å². The van der Waals surface area contributed by atoms with Crippen molar-refractivity contribution in [2.75, 3.05) is 13.1 Å². The minimum absolute atomic E-state index is 0.0184. The molecule has 20 nitrogen and oxygen atoms in total. The van der Waals surface area contributed by atoms with Crippen molar-refractivity contribution < 1.29 is 38.4 Å². The molecule has 0 saturated carbocycles. The Morgan fingerprint density at radius 2 is 1.61 bits per heavy atom. The van der Waals surface area contributed by atoms with E-state index in [9.17, 15) is 33.6 Å². The Morgan fingerprint density at radius 1 is 0.855 bits per heavy atom. The first kappa shape index (κ1) is 50.3. The summed E-state index contributed by atoms with van der Waals surface area (Å²) in [5.41, 5.74) is 18.7. The van der Waals surface area contributed by atoms with E-state index in [0.29, 0.717) is 25.0 Å². The molecule has 366 valence electrons. The van der Waals surface area contributed by atoms with Crippen molar-refractivity contribution in [3.63, 3.8) is 0 Å². The Morgan fingerprint density at radius 3 is 2.35 bits per heavy atom. The van der Waals surface area contributed by atoms with Crippen LogP contribution >= 0.6 is 34.0 Å². The lowest BCUT2D eigenvalue weighted by atomic mass is 9.96. The topological polar surface area (TPSA) is 309 Å². The first-order chi connectivity index (χ1) is 33.1. The smallest absolute Gasteiger partial charge is 0.246 e. The molecule has 0 spiro atoms. The molecule has 8 amide bonds. The van der Waals surface area contributed by atoms with Crippen LogP contribution in [0.2, 0.25) is 0 Å². The first-order valence-corrected chi connectivity index (χ1v) is 25.3. The predicted octanol–water partition coefficient (Wildman–Crippen LogP) is 1.70. The highest BCUT2D eigenvalue weighted by atomic mass is 32.1. The third kappa shape index (κ3) is 12.4. The number of thiophene rings is 3. The largest absolute Gasteiger partial charge is 0.370 e. The van der Waals surface area contributed by atoms with Crippen molar-refractivity contribution in [2.24, 2.45) is 23.1 Å². The number of aromatic nitrogens is 3. The number of carbonyl (C=O) groups is 8. The van der Waals surface area contributed by atoms with E-state index in [1.165, 1.54) is 16.2 Å². The van der Waals surface area contributed by atoms with Crippen LogP contribution in [0.15, 0.2) is 65.5 Å². The summed E-state index contributed by atoms with van der Waals surface area (Å²) in [7, 11) is 0. The number of nitrogens with zero attached hydrogens (tertiary/aromatic N) is 4. The molecule has 69 heavy (non-hydrogen) atoms. The summed E-state index contributed by atoms with van der Waals surface area (Å²) in [5.74, 6) is -6.74. The fourth-order valence-corrected chi connectivity index (χ4v) is 11.2. The van der Waals surface area contributed by atoms with Crippen molar-refractivity contribution in [1.82, 2.24) is 46.5 Å². The minimum atomic E-state index is -1.58. The zero-order valence-corrected chi connectivity index (χ0v) is 40.5. The molecule has 6 heterocycles. The molecular weight excluding hydrogens is 945 g/mol. The van der Waals surface area contributed by atoms with E-state index < -0.39 is 108 Å². The van der Waals surface area contributed by atoms with Crippen LogP contribution in [0.25, 0.3) is 30.4 Å². The van der Waals surface area contributed by atoms with Gasteiger partial charge in [0, 0.05) is 40.4 Å². The number of rotatable bonds is 10. The number of nitrogens with one attached hydrogen (secondary N) is 5. The third-order valence-corrected chi connectivity index (χ3v) is 15.6. The van der Waals surface area contributed by atoms with E-state index in [1.807, 2.05) is 59.3 Å². The molecule has 2 saturated heterocycles. The highest BCUT2D eigenvalue weighted by Crippen LogP contribution is 2.37. The normalized spacial score (nSPS) is 24.4. The van der Waals surface area contributed by atoms with Gasteiger partial charge in [0.05, 0.1) is 36.0 Å². The summed E-state index contributed by atoms with van der Waals surface area (Å²) < 4.78 is 2.56. The van der Waals surface area contributed by atoms with Crippen LogP contribution in [0.4, 0.5) is 0 Å². The van der Waals surface area contributed by atoms with E-state index in [1.54, 1.807) is 47.4 Å². The molecule has 0 bridgehead atoms. The molecule has 0 radical (unpaired) electrons. The minimum Gasteiger partial charge on any atom is -0.370 e. The van der Waals surface area contributed by atoms with Gasteiger partial charge in [-0.1, -0.05) is 49.7 Å². The number of primary amides is 2. The SMILES string of the molecule is CC[C@H](C)[C@@H]1NC(=O)C(CC(N)=O)NC(=O)[C@@H](N)CC(=O)NCCCC[C@@H](C(N)=O)NC(=O)[C@H](Cc2csc3ccccc23)NC(=O)[C@@H]2C[C@H](n3cc(-c4ccc(-c5cccs5)s4)nn3)CN2C1=O. The Bertz CT molecular complexity index is 2680. The van der Waals surface area contributed by atoms with Crippen LogP contribution in [0.3, 0.4) is 0 Å². The van der Waals surface area contributed by atoms with Gasteiger partial charge in [0.1, 0.15) is 35.9 Å². The molecule has 8 atom stereocenters. The highest BCUT2D eigenvalue weighted by molar-refractivity contribution is 7.23. The quantitative estimate of drug-likeness (QED) is 0.0996. The van der Waals surface area contributed by atoms with Crippen molar-refractivity contribution in [3.05, 3.63) is 71.1 Å². The molecule has 2 aliphatic rings. The average Bonchev–Trinajstić information content (AvgIpc) is 4.19. The molecule has 7 rings (SSSR count). The molecule has 2 fully saturated rings. The van der Waals surface area contributed by atoms with Crippen molar-refractivity contribution in [3.8, 4) is 20.3 Å². The van der Waals surface area contributed by atoms with Crippen LogP contribution < -0.4 is 43.8 Å². The van der Waals surface area contributed by atoms with Gasteiger partial charge in [-0.3, -0.25) is 38.4 Å². The summed E-state index contributed by atoms with van der Waals surface area (Å²) in [6, 6.07) is 7.04. The summed E-state index contributed by atoms with van der Waals surface area (Å²) in [6.45, 7) is 3.60. The average molecular weight is 1000 g/mol. The van der Waals surface area contributed by atoms with Crippen LogP contribution in [0, 0.1) is 5.92 Å². The van der Waals surface area contributed by atoms with Crippen LogP contribution in [0.5, 0.6) is 0 Å². The number of amides is 8. The first-order valence-electron chi connectivity index (χ1n) is 22.7. The Balaban J connectivity index is 1.25. The maximum atomic E-state index is 15.1. The number of benzene rings is 1. The Labute approximate surface area is 409 Å². The number of hydrogen-bond acceptors (Lipinski definition) is 14. The van der Waals surface area contributed by atoms with E-state index in [2.05, 4.69) is 36.9 Å². The molecule has 5 aromatic rings. The number of carbonyl (C=O) groups excluding carboxylic acids is 8. The second-order valence-electron chi connectivity index (χ2n) is 17.4. The predicted molar refractivity (Wildman–Crippen MR) is 261 cm³/mol. The molecule has 23 heteroatoms. The van der Waals surface area contributed by atoms with Crippen LogP contribution in [0.1, 0.15) is 70.4 Å². The van der Waals surface area contributed by atoms with Gasteiger partial charge in [-0.25, -0.2) is 4.68 Å². The molecule has 0 aliphatic carbocycles.